The Labute approximate surface area is 70.7 Å². The van der Waals surface area contributed by atoms with E-state index in [1.807, 2.05) is 25.2 Å². The van der Waals surface area contributed by atoms with Gasteiger partial charge in [0.2, 0.25) is 0 Å². The summed E-state index contributed by atoms with van der Waals surface area (Å²) in [5.74, 6) is 0. The fourth-order valence-corrected chi connectivity index (χ4v) is 1.04. The maximum Gasteiger partial charge on any atom is 0.0931 e. The minimum Gasteiger partial charge on any atom is -0.266 e. The third-order valence-corrected chi connectivity index (χ3v) is 1.62. The van der Waals surface area contributed by atoms with E-state index in [0.717, 1.165) is 11.3 Å². The lowest BCUT2D eigenvalue weighted by atomic mass is 10.2. The number of rotatable bonds is 1. The van der Waals surface area contributed by atoms with Crippen molar-refractivity contribution in [2.75, 3.05) is 0 Å². The first-order chi connectivity index (χ1) is 5.86. The Morgan fingerprint density at radius 3 is 2.67 bits per heavy atom. The standard InChI is InChI=1S/C9H8N3/c1-12-7-4-9(11-12)8-2-5-10-6-3-8/h2-6H,1H3. The van der Waals surface area contributed by atoms with Gasteiger partial charge >= 0.3 is 0 Å². The molecule has 0 unspecified atom stereocenters. The summed E-state index contributed by atoms with van der Waals surface area (Å²) < 4.78 is 1.66. The number of nitrogens with zero attached hydrogens (tertiary/aromatic N) is 3. The van der Waals surface area contributed by atoms with E-state index in [1.165, 1.54) is 0 Å². The van der Waals surface area contributed by atoms with Crippen molar-refractivity contribution in [1.82, 2.24) is 14.8 Å². The Kier molecular flexibility index (Phi) is 1.63. The number of hydrogen-bond acceptors (Lipinski definition) is 2. The Bertz CT molecular complexity index is 364. The summed E-state index contributed by atoms with van der Waals surface area (Å²) in [4.78, 5) is 3.93. The molecule has 0 amide bonds. The highest BCUT2D eigenvalue weighted by atomic mass is 15.2. The smallest absolute Gasteiger partial charge is 0.0931 e. The van der Waals surface area contributed by atoms with Crippen molar-refractivity contribution in [3.63, 3.8) is 0 Å². The zero-order valence-corrected chi connectivity index (χ0v) is 6.73. The molecule has 0 saturated carbocycles. The number of aryl methyl sites for hydroxylation is 1. The molecule has 0 aromatic carbocycles. The zero-order valence-electron chi connectivity index (χ0n) is 6.73. The first kappa shape index (κ1) is 7.03. The predicted molar refractivity (Wildman–Crippen MR) is 45.3 cm³/mol. The molecule has 0 N–H and O–H groups in total. The molecule has 0 spiro atoms. The van der Waals surface area contributed by atoms with Crippen molar-refractivity contribution < 1.29 is 0 Å². The van der Waals surface area contributed by atoms with Gasteiger partial charge < -0.3 is 0 Å². The van der Waals surface area contributed by atoms with Crippen LogP contribution in [0.15, 0.2) is 30.6 Å². The van der Waals surface area contributed by atoms with Gasteiger partial charge in [0, 0.05) is 25.0 Å². The van der Waals surface area contributed by atoms with Crippen LogP contribution in [0.2, 0.25) is 0 Å². The SMILES string of the molecule is Cn1[c]cc(-c2ccncc2)n1. The van der Waals surface area contributed by atoms with E-state index in [-0.39, 0.29) is 0 Å². The summed E-state index contributed by atoms with van der Waals surface area (Å²) in [6, 6.07) is 5.71. The van der Waals surface area contributed by atoms with Crippen LogP contribution in [0.5, 0.6) is 0 Å². The summed E-state index contributed by atoms with van der Waals surface area (Å²) in [7, 11) is 1.85. The molecule has 0 bridgehead atoms. The highest BCUT2D eigenvalue weighted by molar-refractivity contribution is 5.56. The first-order valence-corrected chi connectivity index (χ1v) is 3.68. The minimum atomic E-state index is 0.930. The molecule has 2 rings (SSSR count). The van der Waals surface area contributed by atoms with Crippen LogP contribution in [0, 0.1) is 6.20 Å². The van der Waals surface area contributed by atoms with Gasteiger partial charge in [-0.3, -0.25) is 9.67 Å². The van der Waals surface area contributed by atoms with E-state index in [2.05, 4.69) is 16.3 Å². The Morgan fingerprint density at radius 2 is 2.08 bits per heavy atom. The van der Waals surface area contributed by atoms with Gasteiger partial charge in [0.05, 0.1) is 11.9 Å². The lowest BCUT2D eigenvalue weighted by Gasteiger charge is -1.92. The van der Waals surface area contributed by atoms with Gasteiger partial charge in [-0.05, 0) is 18.2 Å². The van der Waals surface area contributed by atoms with Crippen LogP contribution in [0.25, 0.3) is 11.3 Å². The normalized spacial score (nSPS) is 10.1. The molecular weight excluding hydrogens is 150 g/mol. The molecule has 2 aromatic heterocycles. The highest BCUT2D eigenvalue weighted by Crippen LogP contribution is 2.13. The molecule has 2 aromatic rings. The molecule has 1 radical (unpaired) electrons. The zero-order chi connectivity index (χ0) is 8.39. The van der Waals surface area contributed by atoms with Crippen LogP contribution >= 0.6 is 0 Å². The Morgan fingerprint density at radius 1 is 1.33 bits per heavy atom. The van der Waals surface area contributed by atoms with Crippen molar-refractivity contribution >= 4 is 0 Å². The van der Waals surface area contributed by atoms with Gasteiger partial charge in [-0.2, -0.15) is 5.10 Å². The second-order valence-electron chi connectivity index (χ2n) is 2.52. The lowest BCUT2D eigenvalue weighted by molar-refractivity contribution is 0.764. The van der Waals surface area contributed by atoms with Crippen molar-refractivity contribution in [2.45, 2.75) is 0 Å². The molecule has 3 nitrogen and oxygen atoms in total. The summed E-state index contributed by atoms with van der Waals surface area (Å²) in [5.41, 5.74) is 2.00. The molecule has 3 heteroatoms. The number of aromatic nitrogens is 3. The van der Waals surface area contributed by atoms with E-state index in [0.29, 0.717) is 0 Å². The maximum atomic E-state index is 4.21. The first-order valence-electron chi connectivity index (χ1n) is 3.68. The van der Waals surface area contributed by atoms with E-state index in [4.69, 9.17) is 0 Å². The Hall–Kier alpha value is -1.64. The van der Waals surface area contributed by atoms with Gasteiger partial charge in [0.15, 0.2) is 0 Å². The molecule has 0 atom stereocenters. The van der Waals surface area contributed by atoms with E-state index < -0.39 is 0 Å². The third kappa shape index (κ3) is 1.21. The molecule has 0 aliphatic rings. The second-order valence-corrected chi connectivity index (χ2v) is 2.52. The minimum absolute atomic E-state index is 0.930. The highest BCUT2D eigenvalue weighted by Gasteiger charge is 1.98. The van der Waals surface area contributed by atoms with Gasteiger partial charge in [-0.25, -0.2) is 0 Å². The van der Waals surface area contributed by atoms with Gasteiger partial charge in [-0.15, -0.1) is 0 Å². The van der Waals surface area contributed by atoms with Crippen LogP contribution in [0.4, 0.5) is 0 Å². The van der Waals surface area contributed by atoms with Gasteiger partial charge in [-0.1, -0.05) is 0 Å². The van der Waals surface area contributed by atoms with Gasteiger partial charge in [0.25, 0.3) is 0 Å². The monoisotopic (exact) mass is 158 g/mol. The number of pyridine rings is 1. The van der Waals surface area contributed by atoms with E-state index >= 15 is 0 Å². The maximum absolute atomic E-state index is 4.21. The molecule has 0 aliphatic heterocycles. The largest absolute Gasteiger partial charge is 0.266 e. The third-order valence-electron chi connectivity index (χ3n) is 1.62. The summed E-state index contributed by atoms with van der Waals surface area (Å²) in [6.07, 6.45) is 6.46. The van der Waals surface area contributed by atoms with Crippen molar-refractivity contribution in [2.24, 2.45) is 7.05 Å². The topological polar surface area (TPSA) is 30.7 Å². The van der Waals surface area contributed by atoms with Crippen LogP contribution in [0.3, 0.4) is 0 Å². The fraction of sp³-hybridized carbons (Fsp3) is 0.111. The lowest BCUT2D eigenvalue weighted by Crippen LogP contribution is -1.88. The number of hydrogen-bond donors (Lipinski definition) is 0. The molecule has 2 heterocycles. The van der Waals surface area contributed by atoms with Crippen molar-refractivity contribution in [3.8, 4) is 11.3 Å². The average molecular weight is 158 g/mol. The van der Waals surface area contributed by atoms with Gasteiger partial charge in [0.1, 0.15) is 0 Å². The molecule has 0 aliphatic carbocycles. The van der Waals surface area contributed by atoms with Crippen LogP contribution in [-0.2, 0) is 7.05 Å². The summed E-state index contributed by atoms with van der Waals surface area (Å²) in [6.45, 7) is 0. The summed E-state index contributed by atoms with van der Waals surface area (Å²) in [5, 5.41) is 4.21. The molecule has 12 heavy (non-hydrogen) atoms. The fourth-order valence-electron chi connectivity index (χ4n) is 1.04. The van der Waals surface area contributed by atoms with Crippen LogP contribution < -0.4 is 0 Å². The summed E-state index contributed by atoms with van der Waals surface area (Å²) >= 11 is 0. The van der Waals surface area contributed by atoms with Crippen molar-refractivity contribution in [1.29, 1.82) is 0 Å². The van der Waals surface area contributed by atoms with Crippen LogP contribution in [-0.4, -0.2) is 14.8 Å². The van der Waals surface area contributed by atoms with E-state index in [9.17, 15) is 0 Å². The second kappa shape index (κ2) is 2.77. The molecule has 59 valence electrons. The van der Waals surface area contributed by atoms with Crippen LogP contribution in [0.1, 0.15) is 0 Å². The molecule has 0 fully saturated rings. The Balaban J connectivity index is 2.45. The molecule has 0 saturated heterocycles. The predicted octanol–water partition coefficient (Wildman–Crippen LogP) is 1.28. The average Bonchev–Trinajstić information content (AvgIpc) is 2.54. The van der Waals surface area contributed by atoms with Crippen molar-refractivity contribution in [3.05, 3.63) is 36.8 Å². The quantitative estimate of drug-likeness (QED) is 0.626. The van der Waals surface area contributed by atoms with E-state index in [1.54, 1.807) is 17.1 Å². The molecular formula is C9H8N3.